The van der Waals surface area contributed by atoms with Gasteiger partial charge in [0.15, 0.2) is 0 Å². The molecule has 0 heterocycles. The Morgan fingerprint density at radius 1 is 1.23 bits per heavy atom. The van der Waals surface area contributed by atoms with Gasteiger partial charge in [-0.05, 0) is 56.5 Å². The van der Waals surface area contributed by atoms with Gasteiger partial charge in [-0.25, -0.2) is 8.42 Å². The summed E-state index contributed by atoms with van der Waals surface area (Å²) in [5, 5.41) is 0. The number of aryl methyl sites for hydroxylation is 1. The first-order valence-electron chi connectivity index (χ1n) is 3.22. The molecule has 0 spiro atoms. The van der Waals surface area contributed by atoms with Crippen LogP contribution in [0.5, 0.6) is 0 Å². The molecule has 0 aliphatic rings. The van der Waals surface area contributed by atoms with Gasteiger partial charge < -0.3 is 0 Å². The smallest absolute Gasteiger partial charge is 0.207 e. The molecule has 0 bridgehead atoms. The van der Waals surface area contributed by atoms with Crippen LogP contribution in [0.3, 0.4) is 0 Å². The van der Waals surface area contributed by atoms with Crippen molar-refractivity contribution in [3.8, 4) is 0 Å². The van der Waals surface area contributed by atoms with Gasteiger partial charge in [0, 0.05) is 19.6 Å². The normalized spacial score (nSPS) is 11.7. The molecule has 0 unspecified atom stereocenters. The van der Waals surface area contributed by atoms with Gasteiger partial charge in [0.05, 0.1) is 4.90 Å². The van der Waals surface area contributed by atoms with Crippen molar-refractivity contribution in [1.29, 1.82) is 0 Å². The van der Waals surface area contributed by atoms with E-state index in [1.54, 1.807) is 13.0 Å². The summed E-state index contributed by atoms with van der Waals surface area (Å²) in [5.74, 6) is 0. The van der Waals surface area contributed by atoms with E-state index in [1.165, 1.54) is 6.07 Å². The lowest BCUT2D eigenvalue weighted by Crippen LogP contribution is -1.94. The molecule has 0 N–H and O–H groups in total. The van der Waals surface area contributed by atoms with Crippen molar-refractivity contribution in [2.24, 2.45) is 0 Å². The van der Waals surface area contributed by atoms with Crippen LogP contribution in [0.2, 0.25) is 0 Å². The van der Waals surface area contributed by atoms with Crippen molar-refractivity contribution >= 4 is 51.6 Å². The highest BCUT2D eigenvalue weighted by Crippen LogP contribution is 2.30. The van der Waals surface area contributed by atoms with Gasteiger partial charge in [-0.15, -0.1) is 0 Å². The standard InChI is InChI=1S/C7H5Br2ClO2S/c1-4-2-5(8)6(9)3-7(4)13(10,11)12/h2-3H,1H3. The average molecular weight is 348 g/mol. The molecule has 2 nitrogen and oxygen atoms in total. The molecule has 0 amide bonds. The summed E-state index contributed by atoms with van der Waals surface area (Å²) in [6.45, 7) is 1.69. The highest BCUT2D eigenvalue weighted by molar-refractivity contribution is 9.13. The minimum atomic E-state index is -3.65. The molecule has 0 fully saturated rings. The van der Waals surface area contributed by atoms with Gasteiger partial charge in [-0.1, -0.05) is 0 Å². The third-order valence-corrected chi connectivity index (χ3v) is 4.79. The summed E-state index contributed by atoms with van der Waals surface area (Å²) in [6.07, 6.45) is 0. The zero-order chi connectivity index (χ0) is 10.2. The van der Waals surface area contributed by atoms with E-state index in [9.17, 15) is 8.42 Å². The van der Waals surface area contributed by atoms with E-state index in [4.69, 9.17) is 10.7 Å². The molecule has 6 heteroatoms. The van der Waals surface area contributed by atoms with Gasteiger partial charge in [0.2, 0.25) is 0 Å². The molecule has 0 aliphatic carbocycles. The van der Waals surface area contributed by atoms with Gasteiger partial charge in [0.25, 0.3) is 9.05 Å². The third-order valence-electron chi connectivity index (χ3n) is 1.48. The SMILES string of the molecule is Cc1cc(Br)c(Br)cc1S(=O)(=O)Cl. The highest BCUT2D eigenvalue weighted by atomic mass is 79.9. The Hall–Kier alpha value is 0.420. The van der Waals surface area contributed by atoms with Crippen molar-refractivity contribution in [2.45, 2.75) is 11.8 Å². The van der Waals surface area contributed by atoms with Crippen LogP contribution in [0, 0.1) is 6.92 Å². The lowest BCUT2D eigenvalue weighted by molar-refractivity contribution is 0.609. The second-order valence-electron chi connectivity index (χ2n) is 2.47. The molecule has 1 aromatic carbocycles. The minimum absolute atomic E-state index is 0.129. The Bertz CT molecular complexity index is 442. The number of halogens is 3. The first-order valence-corrected chi connectivity index (χ1v) is 7.12. The van der Waals surface area contributed by atoms with E-state index in [-0.39, 0.29) is 4.90 Å². The van der Waals surface area contributed by atoms with E-state index >= 15 is 0 Å². The molecular formula is C7H5Br2ClO2S. The maximum absolute atomic E-state index is 11.0. The summed E-state index contributed by atoms with van der Waals surface area (Å²) in [4.78, 5) is 0.129. The van der Waals surface area contributed by atoms with E-state index in [2.05, 4.69) is 31.9 Å². The summed E-state index contributed by atoms with van der Waals surface area (Å²) in [5.41, 5.74) is 0.616. The molecule has 0 saturated carbocycles. The Morgan fingerprint density at radius 2 is 1.69 bits per heavy atom. The van der Waals surface area contributed by atoms with E-state index < -0.39 is 9.05 Å². The van der Waals surface area contributed by atoms with Crippen molar-refractivity contribution < 1.29 is 8.42 Å². The number of hydrogen-bond donors (Lipinski definition) is 0. The molecule has 0 saturated heterocycles. The first-order chi connectivity index (χ1) is 5.82. The fourth-order valence-corrected chi connectivity index (χ4v) is 3.04. The average Bonchev–Trinajstić information content (AvgIpc) is 1.94. The lowest BCUT2D eigenvalue weighted by Gasteiger charge is -2.04. The van der Waals surface area contributed by atoms with Crippen molar-refractivity contribution in [3.05, 3.63) is 26.6 Å². The van der Waals surface area contributed by atoms with Crippen LogP contribution >= 0.6 is 42.5 Å². The topological polar surface area (TPSA) is 34.1 Å². The van der Waals surface area contributed by atoms with Crippen molar-refractivity contribution in [3.63, 3.8) is 0 Å². The predicted molar refractivity (Wildman–Crippen MR) is 59.6 cm³/mol. The van der Waals surface area contributed by atoms with E-state index in [0.29, 0.717) is 10.0 Å². The van der Waals surface area contributed by atoms with Gasteiger partial charge >= 0.3 is 0 Å². The van der Waals surface area contributed by atoms with Crippen LogP contribution in [0.1, 0.15) is 5.56 Å². The van der Waals surface area contributed by atoms with Gasteiger partial charge in [0.1, 0.15) is 0 Å². The largest absolute Gasteiger partial charge is 0.261 e. The Kier molecular flexibility index (Phi) is 3.43. The lowest BCUT2D eigenvalue weighted by atomic mass is 10.2. The maximum atomic E-state index is 11.0. The Labute approximate surface area is 98.0 Å². The number of benzene rings is 1. The molecule has 0 radical (unpaired) electrons. The van der Waals surface area contributed by atoms with Gasteiger partial charge in [-0.2, -0.15) is 0 Å². The summed E-state index contributed by atoms with van der Waals surface area (Å²) >= 11 is 6.46. The molecule has 1 rings (SSSR count). The van der Waals surface area contributed by atoms with Crippen LogP contribution in [0.15, 0.2) is 26.0 Å². The quantitative estimate of drug-likeness (QED) is 0.729. The maximum Gasteiger partial charge on any atom is 0.261 e. The molecule has 13 heavy (non-hydrogen) atoms. The monoisotopic (exact) mass is 346 g/mol. The fraction of sp³-hybridized carbons (Fsp3) is 0.143. The summed E-state index contributed by atoms with van der Waals surface area (Å²) < 4.78 is 23.6. The first kappa shape index (κ1) is 11.5. The minimum Gasteiger partial charge on any atom is -0.207 e. The Morgan fingerprint density at radius 3 is 2.15 bits per heavy atom. The predicted octanol–water partition coefficient (Wildman–Crippen LogP) is 3.45. The van der Waals surface area contributed by atoms with Crippen LogP contribution in [0.4, 0.5) is 0 Å². The molecule has 0 aliphatic heterocycles. The molecular weight excluding hydrogens is 343 g/mol. The molecule has 0 atom stereocenters. The number of rotatable bonds is 1. The second-order valence-corrected chi connectivity index (χ2v) is 6.71. The number of hydrogen-bond acceptors (Lipinski definition) is 2. The third kappa shape index (κ3) is 2.68. The molecule has 72 valence electrons. The van der Waals surface area contributed by atoms with Crippen molar-refractivity contribution in [2.75, 3.05) is 0 Å². The zero-order valence-corrected chi connectivity index (χ0v) is 11.3. The molecule has 0 aromatic heterocycles. The van der Waals surface area contributed by atoms with Crippen LogP contribution < -0.4 is 0 Å². The fourth-order valence-electron chi connectivity index (χ4n) is 0.891. The van der Waals surface area contributed by atoms with Gasteiger partial charge in [-0.3, -0.25) is 0 Å². The Balaban J connectivity index is 3.50. The van der Waals surface area contributed by atoms with E-state index in [0.717, 1.165) is 4.47 Å². The van der Waals surface area contributed by atoms with Crippen LogP contribution in [0.25, 0.3) is 0 Å². The zero-order valence-electron chi connectivity index (χ0n) is 6.51. The van der Waals surface area contributed by atoms with E-state index in [1.807, 2.05) is 0 Å². The van der Waals surface area contributed by atoms with Crippen LogP contribution in [-0.4, -0.2) is 8.42 Å². The highest BCUT2D eigenvalue weighted by Gasteiger charge is 2.14. The summed E-state index contributed by atoms with van der Waals surface area (Å²) in [6, 6.07) is 3.17. The summed E-state index contributed by atoms with van der Waals surface area (Å²) in [7, 11) is 1.57. The van der Waals surface area contributed by atoms with Crippen molar-refractivity contribution in [1.82, 2.24) is 0 Å². The molecule has 1 aromatic rings. The van der Waals surface area contributed by atoms with Crippen LogP contribution in [-0.2, 0) is 9.05 Å². The second kappa shape index (κ2) is 3.88.